The van der Waals surface area contributed by atoms with Crippen LogP contribution in [0.25, 0.3) is 0 Å². The predicted octanol–water partition coefficient (Wildman–Crippen LogP) is 1.19. The zero-order valence-electron chi connectivity index (χ0n) is 12.7. The van der Waals surface area contributed by atoms with Gasteiger partial charge in [0, 0.05) is 25.6 Å². The van der Waals surface area contributed by atoms with Crippen molar-refractivity contribution in [3.05, 3.63) is 5.56 Å². The zero-order valence-corrected chi connectivity index (χ0v) is 13.5. The van der Waals surface area contributed by atoms with Gasteiger partial charge >= 0.3 is 0 Å². The minimum atomic E-state index is -0.255. The molecular weight excluding hydrogens is 290 g/mol. The molecule has 1 rings (SSSR count). The van der Waals surface area contributed by atoms with E-state index in [1.165, 1.54) is 0 Å². The molecule has 0 bridgehead atoms. The Morgan fingerprint density at radius 1 is 1.33 bits per heavy atom. The first-order chi connectivity index (χ1) is 9.95. The van der Waals surface area contributed by atoms with E-state index in [0.29, 0.717) is 30.1 Å². The van der Waals surface area contributed by atoms with Crippen molar-refractivity contribution in [2.75, 3.05) is 24.1 Å². The van der Waals surface area contributed by atoms with Gasteiger partial charge in [-0.2, -0.15) is 4.37 Å². The average Bonchev–Trinajstić information content (AvgIpc) is 2.77. The van der Waals surface area contributed by atoms with Gasteiger partial charge < -0.3 is 21.7 Å². The molecule has 0 saturated heterocycles. The molecule has 0 radical (unpaired) electrons. The summed E-state index contributed by atoms with van der Waals surface area (Å²) in [5.41, 5.74) is 6.08. The molecule has 0 aliphatic rings. The van der Waals surface area contributed by atoms with Crippen LogP contribution in [0.2, 0.25) is 0 Å². The summed E-state index contributed by atoms with van der Waals surface area (Å²) >= 11 is 1.12. The fourth-order valence-corrected chi connectivity index (χ4v) is 2.36. The molecule has 1 aromatic heterocycles. The van der Waals surface area contributed by atoms with Gasteiger partial charge in [0.1, 0.15) is 10.6 Å². The summed E-state index contributed by atoms with van der Waals surface area (Å²) in [7, 11) is 0. The molecule has 7 nitrogen and oxygen atoms in total. The number of nitrogens with two attached hydrogens (primary N) is 1. The fourth-order valence-electron chi connectivity index (χ4n) is 1.62. The van der Waals surface area contributed by atoms with Crippen LogP contribution >= 0.6 is 11.5 Å². The number of aromatic nitrogens is 1. The molecule has 0 atom stereocenters. The first-order valence-electron chi connectivity index (χ1n) is 7.02. The second kappa shape index (κ2) is 8.46. The summed E-state index contributed by atoms with van der Waals surface area (Å²) in [5.74, 6) is -0.0692. The average molecular weight is 313 g/mol. The van der Waals surface area contributed by atoms with E-state index >= 15 is 0 Å². The van der Waals surface area contributed by atoms with Crippen molar-refractivity contribution in [1.29, 1.82) is 0 Å². The summed E-state index contributed by atoms with van der Waals surface area (Å²) in [6.07, 6.45) is 1.24. The van der Waals surface area contributed by atoms with Gasteiger partial charge in [-0.1, -0.05) is 6.92 Å². The number of carbonyl (C=O) groups is 2. The molecule has 118 valence electrons. The van der Waals surface area contributed by atoms with Gasteiger partial charge in [-0.05, 0) is 31.8 Å². The second-order valence-electron chi connectivity index (χ2n) is 4.93. The summed E-state index contributed by atoms with van der Waals surface area (Å²) in [6, 6.07) is 0.0180. The highest BCUT2D eigenvalue weighted by molar-refractivity contribution is 7.11. The summed E-state index contributed by atoms with van der Waals surface area (Å²) < 4.78 is 3.99. The number of nitrogens with zero attached hydrogens (tertiary/aromatic N) is 1. The lowest BCUT2D eigenvalue weighted by Gasteiger charge is -2.10. The van der Waals surface area contributed by atoms with Gasteiger partial charge in [-0.15, -0.1) is 0 Å². The maximum Gasteiger partial charge on any atom is 0.258 e. The fraction of sp³-hybridized carbons (Fsp3) is 0.615. The highest BCUT2D eigenvalue weighted by Crippen LogP contribution is 2.26. The van der Waals surface area contributed by atoms with E-state index in [-0.39, 0.29) is 23.7 Å². The van der Waals surface area contributed by atoms with E-state index in [9.17, 15) is 9.59 Å². The number of nitrogens with one attached hydrogen (secondary N) is 3. The highest BCUT2D eigenvalue weighted by atomic mass is 32.1. The number of carbonyl (C=O) groups excluding carboxylic acids is 2. The number of rotatable bonds is 8. The molecule has 0 aliphatic heterocycles. The number of nitrogen functional groups attached to an aromatic ring is 1. The van der Waals surface area contributed by atoms with Crippen molar-refractivity contribution in [2.45, 2.75) is 39.7 Å². The second-order valence-corrected chi connectivity index (χ2v) is 5.70. The standard InChI is InChI=1S/C13H23N5O2S/c1-4-6-15-9(19)5-7-16-13-10(11(14)18-21-13)12(20)17-8(2)3/h8,16H,4-7H2,1-3H3,(H2,14,18)(H,15,19)(H,17,20). The van der Waals surface area contributed by atoms with Gasteiger partial charge in [0.05, 0.1) is 0 Å². The molecule has 0 saturated carbocycles. The van der Waals surface area contributed by atoms with Gasteiger partial charge in [0.15, 0.2) is 5.82 Å². The molecule has 0 aromatic carbocycles. The zero-order chi connectivity index (χ0) is 15.8. The van der Waals surface area contributed by atoms with Crippen LogP contribution in [0.1, 0.15) is 44.0 Å². The summed E-state index contributed by atoms with van der Waals surface area (Å²) in [6.45, 7) is 6.85. The number of hydrogen-bond donors (Lipinski definition) is 4. The summed E-state index contributed by atoms with van der Waals surface area (Å²) in [5, 5.41) is 9.22. The molecule has 2 amide bonds. The Kier molecular flexibility index (Phi) is 6.93. The van der Waals surface area contributed by atoms with Crippen molar-refractivity contribution in [3.8, 4) is 0 Å². The van der Waals surface area contributed by atoms with Crippen LogP contribution in [-0.2, 0) is 4.79 Å². The van der Waals surface area contributed by atoms with Crippen molar-refractivity contribution in [1.82, 2.24) is 15.0 Å². The monoisotopic (exact) mass is 313 g/mol. The minimum absolute atomic E-state index is 0.0180. The lowest BCUT2D eigenvalue weighted by atomic mass is 10.2. The van der Waals surface area contributed by atoms with E-state index in [0.717, 1.165) is 18.0 Å². The number of anilines is 2. The van der Waals surface area contributed by atoms with Gasteiger partial charge in [0.2, 0.25) is 5.91 Å². The van der Waals surface area contributed by atoms with Gasteiger partial charge in [-0.3, -0.25) is 9.59 Å². The normalized spacial score (nSPS) is 10.5. The van der Waals surface area contributed by atoms with Crippen LogP contribution in [-0.4, -0.2) is 35.3 Å². The largest absolute Gasteiger partial charge is 0.382 e. The maximum atomic E-state index is 12.1. The van der Waals surface area contributed by atoms with E-state index in [2.05, 4.69) is 20.3 Å². The Balaban J connectivity index is 2.56. The Bertz CT molecular complexity index is 487. The Morgan fingerprint density at radius 2 is 2.05 bits per heavy atom. The first-order valence-corrected chi connectivity index (χ1v) is 7.79. The van der Waals surface area contributed by atoms with E-state index in [1.54, 1.807) is 0 Å². The molecular formula is C13H23N5O2S. The Morgan fingerprint density at radius 3 is 2.67 bits per heavy atom. The smallest absolute Gasteiger partial charge is 0.258 e. The molecule has 8 heteroatoms. The van der Waals surface area contributed by atoms with Crippen LogP contribution in [0.4, 0.5) is 10.8 Å². The van der Waals surface area contributed by atoms with Crippen LogP contribution < -0.4 is 21.7 Å². The minimum Gasteiger partial charge on any atom is -0.382 e. The van der Waals surface area contributed by atoms with Crippen molar-refractivity contribution in [3.63, 3.8) is 0 Å². The van der Waals surface area contributed by atoms with E-state index in [4.69, 9.17) is 5.73 Å². The third-order valence-electron chi connectivity index (χ3n) is 2.58. The molecule has 0 unspecified atom stereocenters. The first kappa shape index (κ1) is 17.2. The van der Waals surface area contributed by atoms with Gasteiger partial charge in [-0.25, -0.2) is 0 Å². The molecule has 1 heterocycles. The SMILES string of the molecule is CCCNC(=O)CCNc1snc(N)c1C(=O)NC(C)C. The topological polar surface area (TPSA) is 109 Å². The third-order valence-corrected chi connectivity index (χ3v) is 3.39. The lowest BCUT2D eigenvalue weighted by Crippen LogP contribution is -2.31. The van der Waals surface area contributed by atoms with Crippen LogP contribution in [0.15, 0.2) is 0 Å². The van der Waals surface area contributed by atoms with Gasteiger partial charge in [0.25, 0.3) is 5.91 Å². The number of amides is 2. The van der Waals surface area contributed by atoms with Crippen LogP contribution in [0, 0.1) is 0 Å². The lowest BCUT2D eigenvalue weighted by molar-refractivity contribution is -0.120. The van der Waals surface area contributed by atoms with Crippen molar-refractivity contribution < 1.29 is 9.59 Å². The quantitative estimate of drug-likeness (QED) is 0.576. The molecule has 0 aliphatic carbocycles. The van der Waals surface area contributed by atoms with Crippen molar-refractivity contribution >= 4 is 34.2 Å². The molecule has 21 heavy (non-hydrogen) atoms. The number of hydrogen-bond acceptors (Lipinski definition) is 6. The van der Waals surface area contributed by atoms with E-state index < -0.39 is 0 Å². The Hall–Kier alpha value is -1.83. The molecule has 0 fully saturated rings. The predicted molar refractivity (Wildman–Crippen MR) is 85.5 cm³/mol. The molecule has 0 spiro atoms. The highest BCUT2D eigenvalue weighted by Gasteiger charge is 2.19. The van der Waals surface area contributed by atoms with E-state index in [1.807, 2.05) is 20.8 Å². The summed E-state index contributed by atoms with van der Waals surface area (Å²) in [4.78, 5) is 23.5. The third kappa shape index (κ3) is 5.58. The molecule has 1 aromatic rings. The molecule has 5 N–H and O–H groups in total. The maximum absolute atomic E-state index is 12.1. The van der Waals surface area contributed by atoms with Crippen LogP contribution in [0.5, 0.6) is 0 Å². The van der Waals surface area contributed by atoms with Crippen LogP contribution in [0.3, 0.4) is 0 Å². The van der Waals surface area contributed by atoms with Crippen molar-refractivity contribution in [2.24, 2.45) is 0 Å². The Labute approximate surface area is 128 Å².